The molecule has 0 bridgehead atoms. The SMILES string of the molecule is Cc1cccc(-n2ncc(C(=O)NCC3(C(=O)O)CC3)c2C(F)(F)F)c1. The van der Waals surface area contributed by atoms with Crippen molar-refractivity contribution in [2.75, 3.05) is 6.54 Å². The molecule has 0 aliphatic heterocycles. The predicted octanol–water partition coefficient (Wildman–Crippen LogP) is 2.79. The maximum atomic E-state index is 13.6. The highest BCUT2D eigenvalue weighted by Gasteiger charge is 2.50. The summed E-state index contributed by atoms with van der Waals surface area (Å²) in [5.74, 6) is -2.06. The molecule has 1 fully saturated rings. The molecule has 1 aliphatic rings. The van der Waals surface area contributed by atoms with Gasteiger partial charge in [-0.3, -0.25) is 9.59 Å². The molecule has 1 aromatic carbocycles. The van der Waals surface area contributed by atoms with E-state index >= 15 is 0 Å². The van der Waals surface area contributed by atoms with Crippen LogP contribution in [0, 0.1) is 12.3 Å². The van der Waals surface area contributed by atoms with Crippen molar-refractivity contribution in [1.29, 1.82) is 0 Å². The number of carboxylic acid groups (broad SMARTS) is 1. The lowest BCUT2D eigenvalue weighted by Gasteiger charge is -2.14. The summed E-state index contributed by atoms with van der Waals surface area (Å²) in [6, 6.07) is 6.30. The van der Waals surface area contributed by atoms with Gasteiger partial charge in [-0.15, -0.1) is 0 Å². The van der Waals surface area contributed by atoms with Gasteiger partial charge in [-0.2, -0.15) is 18.3 Å². The van der Waals surface area contributed by atoms with E-state index in [1.54, 1.807) is 19.1 Å². The van der Waals surface area contributed by atoms with E-state index in [-0.39, 0.29) is 12.2 Å². The second kappa shape index (κ2) is 6.15. The summed E-state index contributed by atoms with van der Waals surface area (Å²) < 4.78 is 41.4. The summed E-state index contributed by atoms with van der Waals surface area (Å²) in [7, 11) is 0. The first-order chi connectivity index (χ1) is 12.1. The van der Waals surface area contributed by atoms with Crippen LogP contribution in [0.2, 0.25) is 0 Å². The number of halogens is 3. The number of nitrogens with zero attached hydrogens (tertiary/aromatic N) is 2. The molecular formula is C17H16F3N3O3. The fraction of sp³-hybridized carbons (Fsp3) is 0.353. The Kier molecular flexibility index (Phi) is 4.25. The van der Waals surface area contributed by atoms with Crippen molar-refractivity contribution >= 4 is 11.9 Å². The van der Waals surface area contributed by atoms with E-state index in [1.807, 2.05) is 0 Å². The maximum absolute atomic E-state index is 13.6. The number of nitrogens with one attached hydrogen (secondary N) is 1. The zero-order valence-electron chi connectivity index (χ0n) is 13.8. The van der Waals surface area contributed by atoms with Gasteiger partial charge < -0.3 is 10.4 Å². The van der Waals surface area contributed by atoms with Crippen molar-refractivity contribution in [3.63, 3.8) is 0 Å². The third-order valence-electron chi connectivity index (χ3n) is 4.42. The lowest BCUT2D eigenvalue weighted by atomic mass is 10.1. The first-order valence-corrected chi connectivity index (χ1v) is 7.88. The van der Waals surface area contributed by atoms with E-state index in [0.717, 1.165) is 11.8 Å². The highest BCUT2D eigenvalue weighted by Crippen LogP contribution is 2.45. The van der Waals surface area contributed by atoms with Gasteiger partial charge in [0.25, 0.3) is 5.91 Å². The van der Waals surface area contributed by atoms with Crippen LogP contribution in [-0.2, 0) is 11.0 Å². The molecule has 3 rings (SSSR count). The van der Waals surface area contributed by atoms with Crippen LogP contribution in [0.15, 0.2) is 30.5 Å². The standard InChI is InChI=1S/C17H16F3N3O3/c1-10-3-2-4-11(7-10)23-13(17(18,19)20)12(8-22-23)14(24)21-9-16(5-6-16)15(25)26/h2-4,7-8H,5-6,9H2,1H3,(H,21,24)(H,25,26). The van der Waals surface area contributed by atoms with E-state index in [9.17, 15) is 22.8 Å². The second-order valence-corrected chi connectivity index (χ2v) is 6.42. The normalized spacial score (nSPS) is 15.5. The average Bonchev–Trinajstić information content (AvgIpc) is 3.21. The zero-order chi connectivity index (χ0) is 19.1. The largest absolute Gasteiger partial charge is 0.481 e. The number of hydrogen-bond acceptors (Lipinski definition) is 3. The fourth-order valence-corrected chi connectivity index (χ4v) is 2.70. The van der Waals surface area contributed by atoms with Gasteiger partial charge in [0, 0.05) is 6.54 Å². The minimum Gasteiger partial charge on any atom is -0.481 e. The lowest BCUT2D eigenvalue weighted by Crippen LogP contribution is -2.35. The van der Waals surface area contributed by atoms with Crippen LogP contribution in [0.4, 0.5) is 13.2 Å². The molecular weight excluding hydrogens is 351 g/mol. The molecule has 1 aliphatic carbocycles. The number of carbonyl (C=O) groups excluding carboxylic acids is 1. The summed E-state index contributed by atoms with van der Waals surface area (Å²) in [5, 5.41) is 15.1. The molecule has 1 aromatic heterocycles. The van der Waals surface area contributed by atoms with E-state index in [2.05, 4.69) is 10.4 Å². The first kappa shape index (κ1) is 18.0. The van der Waals surface area contributed by atoms with Crippen LogP contribution in [0.3, 0.4) is 0 Å². The minimum atomic E-state index is -4.81. The number of aryl methyl sites for hydroxylation is 1. The topological polar surface area (TPSA) is 84.2 Å². The Morgan fingerprint density at radius 1 is 1.35 bits per heavy atom. The van der Waals surface area contributed by atoms with E-state index in [0.29, 0.717) is 17.5 Å². The quantitative estimate of drug-likeness (QED) is 0.851. The minimum absolute atomic E-state index is 0.181. The van der Waals surface area contributed by atoms with E-state index < -0.39 is 34.7 Å². The molecule has 1 saturated carbocycles. The molecule has 2 N–H and O–H groups in total. The molecule has 26 heavy (non-hydrogen) atoms. The van der Waals surface area contributed by atoms with E-state index in [4.69, 9.17) is 5.11 Å². The number of benzene rings is 1. The fourth-order valence-electron chi connectivity index (χ4n) is 2.70. The van der Waals surface area contributed by atoms with Crippen molar-refractivity contribution in [3.05, 3.63) is 47.3 Å². The van der Waals surface area contributed by atoms with Crippen LogP contribution in [0.25, 0.3) is 5.69 Å². The van der Waals surface area contributed by atoms with Gasteiger partial charge in [0.1, 0.15) is 0 Å². The number of aromatic nitrogens is 2. The van der Waals surface area contributed by atoms with Crippen molar-refractivity contribution in [2.24, 2.45) is 5.41 Å². The molecule has 0 spiro atoms. The van der Waals surface area contributed by atoms with Gasteiger partial charge in [-0.25, -0.2) is 4.68 Å². The van der Waals surface area contributed by atoms with Crippen molar-refractivity contribution in [2.45, 2.75) is 25.9 Å². The summed E-state index contributed by atoms with van der Waals surface area (Å²) in [6.45, 7) is 1.52. The maximum Gasteiger partial charge on any atom is 0.434 e. The lowest BCUT2D eigenvalue weighted by molar-refractivity contribution is -0.144. The Morgan fingerprint density at radius 2 is 2.04 bits per heavy atom. The molecule has 1 heterocycles. The number of aliphatic carboxylic acids is 1. The Morgan fingerprint density at radius 3 is 2.58 bits per heavy atom. The van der Waals surface area contributed by atoms with Gasteiger partial charge in [0.2, 0.25) is 0 Å². The monoisotopic (exact) mass is 367 g/mol. The summed E-state index contributed by atoms with van der Waals surface area (Å²) in [5.41, 5.74) is -1.98. The second-order valence-electron chi connectivity index (χ2n) is 6.42. The molecule has 138 valence electrons. The predicted molar refractivity (Wildman–Crippen MR) is 84.9 cm³/mol. The Balaban J connectivity index is 1.92. The molecule has 2 aromatic rings. The number of alkyl halides is 3. The third kappa shape index (κ3) is 3.29. The summed E-state index contributed by atoms with van der Waals surface area (Å²) in [6.07, 6.45) is -3.19. The highest BCUT2D eigenvalue weighted by molar-refractivity contribution is 5.96. The molecule has 0 atom stereocenters. The number of carboxylic acids is 1. The first-order valence-electron chi connectivity index (χ1n) is 7.88. The summed E-state index contributed by atoms with van der Waals surface area (Å²) >= 11 is 0. The van der Waals surface area contributed by atoms with Crippen molar-refractivity contribution < 1.29 is 27.9 Å². The van der Waals surface area contributed by atoms with Gasteiger partial charge in [0.05, 0.1) is 22.9 Å². The van der Waals surface area contributed by atoms with Gasteiger partial charge in [-0.05, 0) is 37.5 Å². The summed E-state index contributed by atoms with van der Waals surface area (Å²) in [4.78, 5) is 23.4. The molecule has 6 nitrogen and oxygen atoms in total. The number of hydrogen-bond donors (Lipinski definition) is 2. The molecule has 0 saturated heterocycles. The third-order valence-corrected chi connectivity index (χ3v) is 4.42. The smallest absolute Gasteiger partial charge is 0.434 e. The molecule has 9 heteroatoms. The number of amides is 1. The average molecular weight is 367 g/mol. The Labute approximate surface area is 146 Å². The van der Waals surface area contributed by atoms with Crippen molar-refractivity contribution in [3.8, 4) is 5.69 Å². The Bertz CT molecular complexity index is 870. The van der Waals surface area contributed by atoms with Crippen LogP contribution < -0.4 is 5.32 Å². The van der Waals surface area contributed by atoms with Gasteiger partial charge >= 0.3 is 12.1 Å². The van der Waals surface area contributed by atoms with Gasteiger partial charge in [-0.1, -0.05) is 12.1 Å². The van der Waals surface area contributed by atoms with Crippen molar-refractivity contribution in [1.82, 2.24) is 15.1 Å². The van der Waals surface area contributed by atoms with Gasteiger partial charge in [0.15, 0.2) is 5.69 Å². The van der Waals surface area contributed by atoms with Crippen LogP contribution in [-0.4, -0.2) is 33.3 Å². The zero-order valence-corrected chi connectivity index (χ0v) is 13.8. The van der Waals surface area contributed by atoms with Crippen LogP contribution in [0.5, 0.6) is 0 Å². The molecule has 0 unspecified atom stereocenters. The van der Waals surface area contributed by atoms with Crippen LogP contribution >= 0.6 is 0 Å². The van der Waals surface area contributed by atoms with E-state index in [1.165, 1.54) is 12.1 Å². The highest BCUT2D eigenvalue weighted by atomic mass is 19.4. The molecule has 0 radical (unpaired) electrons. The van der Waals surface area contributed by atoms with Crippen LogP contribution in [0.1, 0.15) is 34.5 Å². The Hall–Kier alpha value is -2.84. The molecule has 1 amide bonds. The number of carbonyl (C=O) groups is 2. The number of rotatable bonds is 5.